The summed E-state index contributed by atoms with van der Waals surface area (Å²) >= 11 is 0. The molecule has 0 bridgehead atoms. The van der Waals surface area contributed by atoms with E-state index in [1.165, 1.54) is 11.8 Å². The third-order valence-corrected chi connectivity index (χ3v) is 4.78. The molecule has 7 nitrogen and oxygen atoms in total. The van der Waals surface area contributed by atoms with Gasteiger partial charge >= 0.3 is 0 Å². The number of hydrogen-bond acceptors (Lipinski definition) is 6. The molecule has 158 valence electrons. The quantitative estimate of drug-likeness (QED) is 0.423. The van der Waals surface area contributed by atoms with Gasteiger partial charge in [0.15, 0.2) is 5.76 Å². The monoisotopic (exact) mass is 417 g/mol. The van der Waals surface area contributed by atoms with E-state index in [1.54, 1.807) is 12.1 Å². The Morgan fingerprint density at radius 3 is 2.29 bits per heavy atom. The predicted octanol–water partition coefficient (Wildman–Crippen LogP) is 5.56. The largest absolute Gasteiger partial charge is 0.459 e. The molecule has 0 spiro atoms. The maximum Gasteiger partial charge on any atom is 0.287 e. The van der Waals surface area contributed by atoms with E-state index in [1.807, 2.05) is 69.3 Å². The average molecular weight is 417 g/mol. The van der Waals surface area contributed by atoms with E-state index in [4.69, 9.17) is 13.7 Å². The number of carbonyl (C=O) groups excluding carboxylic acids is 1. The molecule has 0 aliphatic rings. The van der Waals surface area contributed by atoms with Crippen molar-refractivity contribution in [1.29, 1.82) is 0 Å². The van der Waals surface area contributed by atoms with Gasteiger partial charge in [-0.1, -0.05) is 36.7 Å². The topological polar surface area (TPSA) is 90.4 Å². The van der Waals surface area contributed by atoms with E-state index in [0.29, 0.717) is 17.5 Å². The Hall–Kier alpha value is -3.87. The molecule has 0 fully saturated rings. The van der Waals surface area contributed by atoms with Crippen molar-refractivity contribution >= 4 is 5.91 Å². The van der Waals surface area contributed by atoms with Crippen LogP contribution in [-0.2, 0) is 0 Å². The van der Waals surface area contributed by atoms with Gasteiger partial charge in [0.25, 0.3) is 5.91 Å². The summed E-state index contributed by atoms with van der Waals surface area (Å²) in [6.07, 6.45) is 1.45. The van der Waals surface area contributed by atoms with Gasteiger partial charge in [-0.3, -0.25) is 4.79 Å². The first-order chi connectivity index (χ1) is 15.0. The smallest absolute Gasteiger partial charge is 0.287 e. The summed E-state index contributed by atoms with van der Waals surface area (Å²) in [5.41, 5.74) is 1.96. The van der Waals surface area contributed by atoms with Crippen LogP contribution in [0.2, 0.25) is 0 Å². The molecular weight excluding hydrogens is 394 g/mol. The van der Waals surface area contributed by atoms with Crippen LogP contribution in [0.25, 0.3) is 11.4 Å². The minimum absolute atomic E-state index is 0.0393. The number of hydrogen-bond donors (Lipinski definition) is 1. The van der Waals surface area contributed by atoms with Crippen LogP contribution >= 0.6 is 0 Å². The lowest BCUT2D eigenvalue weighted by molar-refractivity contribution is 0.0885. The minimum atomic E-state index is -0.442. The van der Waals surface area contributed by atoms with E-state index < -0.39 is 6.04 Å². The lowest BCUT2D eigenvalue weighted by atomic mass is 10.0. The van der Waals surface area contributed by atoms with Crippen LogP contribution in [0.1, 0.15) is 41.9 Å². The molecule has 2 heterocycles. The normalized spacial score (nSPS) is 12.0. The third kappa shape index (κ3) is 4.83. The molecule has 1 N–H and O–H groups in total. The molecule has 0 saturated carbocycles. The average Bonchev–Trinajstić information content (AvgIpc) is 3.46. The first-order valence-corrected chi connectivity index (χ1v) is 10.0. The number of rotatable bonds is 7. The van der Waals surface area contributed by atoms with Crippen molar-refractivity contribution < 1.29 is 18.5 Å². The molecule has 4 rings (SSSR count). The summed E-state index contributed by atoms with van der Waals surface area (Å²) in [5.74, 6) is 2.20. The van der Waals surface area contributed by atoms with Crippen molar-refractivity contribution in [2.24, 2.45) is 5.92 Å². The second-order valence-electron chi connectivity index (χ2n) is 7.57. The zero-order valence-corrected chi connectivity index (χ0v) is 17.5. The van der Waals surface area contributed by atoms with Crippen molar-refractivity contribution in [3.8, 4) is 22.9 Å². The molecular formula is C24H23N3O4. The van der Waals surface area contributed by atoms with E-state index in [-0.39, 0.29) is 17.6 Å². The molecule has 1 unspecified atom stereocenters. The lowest BCUT2D eigenvalue weighted by Gasteiger charge is -2.17. The second kappa shape index (κ2) is 8.87. The molecule has 2 aromatic carbocycles. The van der Waals surface area contributed by atoms with Gasteiger partial charge in [-0.2, -0.15) is 4.98 Å². The fourth-order valence-corrected chi connectivity index (χ4v) is 3.03. The first-order valence-electron chi connectivity index (χ1n) is 10.0. The molecule has 0 aliphatic heterocycles. The summed E-state index contributed by atoms with van der Waals surface area (Å²) in [6, 6.07) is 18.1. The molecule has 0 radical (unpaired) electrons. The molecule has 0 aliphatic carbocycles. The molecule has 2 aromatic heterocycles. The van der Waals surface area contributed by atoms with Gasteiger partial charge in [0.1, 0.15) is 17.5 Å². The number of carbonyl (C=O) groups is 1. The Morgan fingerprint density at radius 2 is 1.68 bits per heavy atom. The second-order valence-corrected chi connectivity index (χ2v) is 7.57. The van der Waals surface area contributed by atoms with Gasteiger partial charge in [-0.05, 0) is 61.4 Å². The highest BCUT2D eigenvalue weighted by Crippen LogP contribution is 2.27. The lowest BCUT2D eigenvalue weighted by Crippen LogP contribution is -2.31. The number of aromatic nitrogens is 2. The summed E-state index contributed by atoms with van der Waals surface area (Å²) in [4.78, 5) is 16.9. The zero-order chi connectivity index (χ0) is 21.8. The SMILES string of the molecule is Cc1ccc(Oc2ccc(-c3noc(C(NC(=O)c4ccco4)C(C)C)n3)cc2)cc1. The number of amides is 1. The Morgan fingerprint density at radius 1 is 1.00 bits per heavy atom. The minimum Gasteiger partial charge on any atom is -0.459 e. The highest BCUT2D eigenvalue weighted by Gasteiger charge is 2.26. The van der Waals surface area contributed by atoms with Crippen LogP contribution in [0.4, 0.5) is 0 Å². The van der Waals surface area contributed by atoms with Gasteiger partial charge < -0.3 is 19.0 Å². The molecule has 0 saturated heterocycles. The maximum atomic E-state index is 12.4. The van der Waals surface area contributed by atoms with E-state index in [0.717, 1.165) is 11.3 Å². The molecule has 1 amide bonds. The first kappa shape index (κ1) is 20.4. The zero-order valence-electron chi connectivity index (χ0n) is 17.5. The van der Waals surface area contributed by atoms with Crippen LogP contribution in [0, 0.1) is 12.8 Å². The Balaban J connectivity index is 1.47. The Kier molecular flexibility index (Phi) is 5.84. The third-order valence-electron chi connectivity index (χ3n) is 4.78. The number of aryl methyl sites for hydroxylation is 1. The number of benzene rings is 2. The van der Waals surface area contributed by atoms with Crippen molar-refractivity contribution in [2.75, 3.05) is 0 Å². The predicted molar refractivity (Wildman–Crippen MR) is 115 cm³/mol. The van der Waals surface area contributed by atoms with Crippen LogP contribution in [0.15, 0.2) is 75.9 Å². The summed E-state index contributed by atoms with van der Waals surface area (Å²) in [6.45, 7) is 5.96. The molecule has 1 atom stereocenters. The van der Waals surface area contributed by atoms with E-state index in [9.17, 15) is 4.79 Å². The Bertz CT molecular complexity index is 1130. The van der Waals surface area contributed by atoms with Gasteiger partial charge in [0.2, 0.25) is 11.7 Å². The highest BCUT2D eigenvalue weighted by molar-refractivity contribution is 5.91. The van der Waals surface area contributed by atoms with Gasteiger partial charge in [-0.25, -0.2) is 0 Å². The van der Waals surface area contributed by atoms with Gasteiger partial charge in [0.05, 0.1) is 6.26 Å². The maximum absolute atomic E-state index is 12.4. The fraction of sp³-hybridized carbons (Fsp3) is 0.208. The van der Waals surface area contributed by atoms with E-state index >= 15 is 0 Å². The number of furan rings is 1. The van der Waals surface area contributed by atoms with Crippen LogP contribution in [0.5, 0.6) is 11.5 Å². The number of nitrogens with one attached hydrogen (secondary N) is 1. The van der Waals surface area contributed by atoms with Gasteiger partial charge in [0, 0.05) is 5.56 Å². The summed E-state index contributed by atoms with van der Waals surface area (Å²) in [7, 11) is 0. The molecule has 7 heteroatoms. The van der Waals surface area contributed by atoms with E-state index in [2.05, 4.69) is 15.5 Å². The van der Waals surface area contributed by atoms with Crippen molar-refractivity contribution in [1.82, 2.24) is 15.5 Å². The summed E-state index contributed by atoms with van der Waals surface area (Å²) in [5, 5.41) is 6.97. The Labute approximate surface area is 180 Å². The van der Waals surface area contributed by atoms with Crippen molar-refractivity contribution in [2.45, 2.75) is 26.8 Å². The fourth-order valence-electron chi connectivity index (χ4n) is 3.03. The summed E-state index contributed by atoms with van der Waals surface area (Å²) < 4.78 is 16.5. The van der Waals surface area contributed by atoms with Gasteiger partial charge in [-0.15, -0.1) is 0 Å². The molecule has 31 heavy (non-hydrogen) atoms. The van der Waals surface area contributed by atoms with Crippen LogP contribution in [-0.4, -0.2) is 16.0 Å². The van der Waals surface area contributed by atoms with Crippen molar-refractivity contribution in [3.63, 3.8) is 0 Å². The standard InChI is InChI=1S/C24H23N3O4/c1-15(2)21(25-23(28)20-5-4-14-29-20)24-26-22(27-31-24)17-8-12-19(13-9-17)30-18-10-6-16(3)7-11-18/h4-15,21H,1-3H3,(H,25,28). The highest BCUT2D eigenvalue weighted by atomic mass is 16.5. The molecule has 4 aromatic rings. The number of ether oxygens (including phenoxy) is 1. The van der Waals surface area contributed by atoms with Crippen molar-refractivity contribution in [3.05, 3.63) is 84.1 Å². The number of nitrogens with zero attached hydrogens (tertiary/aromatic N) is 2. The van der Waals surface area contributed by atoms with Crippen LogP contribution in [0.3, 0.4) is 0 Å². The van der Waals surface area contributed by atoms with Crippen LogP contribution < -0.4 is 10.1 Å².